The summed E-state index contributed by atoms with van der Waals surface area (Å²) in [6, 6.07) is 5.88. The van der Waals surface area contributed by atoms with Crippen molar-refractivity contribution in [2.45, 2.75) is 25.3 Å². The lowest BCUT2D eigenvalue weighted by Crippen LogP contribution is -2.44. The normalized spacial score (nSPS) is 17.8. The van der Waals surface area contributed by atoms with Gasteiger partial charge >= 0.3 is 0 Å². The van der Waals surface area contributed by atoms with Crippen molar-refractivity contribution in [2.75, 3.05) is 33.8 Å². The van der Waals surface area contributed by atoms with Crippen molar-refractivity contribution in [1.29, 1.82) is 0 Å². The van der Waals surface area contributed by atoms with Crippen LogP contribution < -0.4 is 0 Å². The highest BCUT2D eigenvalue weighted by molar-refractivity contribution is 5.83. The highest BCUT2D eigenvalue weighted by atomic mass is 19.1. The van der Waals surface area contributed by atoms with Gasteiger partial charge in [-0.05, 0) is 45.3 Å². The van der Waals surface area contributed by atoms with Crippen molar-refractivity contribution in [3.63, 3.8) is 0 Å². The number of carbonyl (C=O) groups is 1. The summed E-state index contributed by atoms with van der Waals surface area (Å²) in [5, 5.41) is 9.00. The first-order chi connectivity index (χ1) is 10.5. The summed E-state index contributed by atoms with van der Waals surface area (Å²) < 4.78 is 14.1. The molecule has 22 heavy (non-hydrogen) atoms. The van der Waals surface area contributed by atoms with Crippen LogP contribution >= 0.6 is 0 Å². The third-order valence-electron chi connectivity index (χ3n) is 4.41. The maximum atomic E-state index is 14.1. The standard InChI is InChI=1S/C17H25FN2O2/c1-19(2)16(14-5-3-4-6-15(14)18)17(22)20-10-7-13(8-11-20)9-12-21/h3-6,13,16,21H,7-12H2,1-2H3/t16-/m0/s1. The Morgan fingerprint density at radius 3 is 2.55 bits per heavy atom. The van der Waals surface area contributed by atoms with E-state index in [4.69, 9.17) is 5.11 Å². The van der Waals surface area contributed by atoms with Crippen LogP contribution in [-0.4, -0.2) is 54.6 Å². The SMILES string of the molecule is CN(C)[C@H](C(=O)N1CCC(CCO)CC1)c1ccccc1F. The van der Waals surface area contributed by atoms with E-state index in [1.54, 1.807) is 37.2 Å². The van der Waals surface area contributed by atoms with Crippen molar-refractivity contribution in [3.05, 3.63) is 35.6 Å². The minimum atomic E-state index is -0.587. The molecular formula is C17H25FN2O2. The number of rotatable bonds is 5. The highest BCUT2D eigenvalue weighted by Gasteiger charge is 2.31. The molecule has 0 radical (unpaired) electrons. The second-order valence-corrected chi connectivity index (χ2v) is 6.17. The molecule has 1 fully saturated rings. The molecule has 1 saturated heterocycles. The number of piperidine rings is 1. The monoisotopic (exact) mass is 308 g/mol. The molecule has 1 N–H and O–H groups in total. The first-order valence-electron chi connectivity index (χ1n) is 7.85. The Bertz CT molecular complexity index is 499. The topological polar surface area (TPSA) is 43.8 Å². The summed E-state index contributed by atoms with van der Waals surface area (Å²) in [5.41, 5.74) is 0.426. The summed E-state index contributed by atoms with van der Waals surface area (Å²) in [6.07, 6.45) is 2.61. The van der Waals surface area contributed by atoms with Crippen LogP contribution in [0.4, 0.5) is 4.39 Å². The lowest BCUT2D eigenvalue weighted by atomic mass is 9.93. The lowest BCUT2D eigenvalue weighted by molar-refractivity contribution is -0.138. The number of benzene rings is 1. The van der Waals surface area contributed by atoms with Crippen molar-refractivity contribution in [2.24, 2.45) is 5.92 Å². The van der Waals surface area contributed by atoms with E-state index in [0.717, 1.165) is 19.3 Å². The van der Waals surface area contributed by atoms with Gasteiger partial charge in [-0.25, -0.2) is 4.39 Å². The molecule has 5 heteroatoms. The molecule has 1 amide bonds. The number of hydrogen-bond acceptors (Lipinski definition) is 3. The van der Waals surface area contributed by atoms with Gasteiger partial charge in [-0.3, -0.25) is 9.69 Å². The zero-order chi connectivity index (χ0) is 16.1. The van der Waals surface area contributed by atoms with Crippen LogP contribution in [0, 0.1) is 11.7 Å². The van der Waals surface area contributed by atoms with Gasteiger partial charge in [0.15, 0.2) is 0 Å². The number of hydrogen-bond donors (Lipinski definition) is 1. The quantitative estimate of drug-likeness (QED) is 0.905. The Labute approximate surface area is 131 Å². The van der Waals surface area contributed by atoms with Gasteiger partial charge in [-0.2, -0.15) is 0 Å². The second kappa shape index (κ2) is 7.70. The molecule has 1 aromatic carbocycles. The minimum absolute atomic E-state index is 0.0439. The van der Waals surface area contributed by atoms with Gasteiger partial charge in [0.2, 0.25) is 5.91 Å². The van der Waals surface area contributed by atoms with Crippen molar-refractivity contribution in [1.82, 2.24) is 9.80 Å². The molecular weight excluding hydrogens is 283 g/mol. The Morgan fingerprint density at radius 1 is 1.36 bits per heavy atom. The predicted octanol–water partition coefficient (Wildman–Crippen LogP) is 2.05. The van der Waals surface area contributed by atoms with Gasteiger partial charge < -0.3 is 10.0 Å². The van der Waals surface area contributed by atoms with Gasteiger partial charge in [-0.1, -0.05) is 18.2 Å². The zero-order valence-electron chi connectivity index (χ0n) is 13.3. The Morgan fingerprint density at radius 2 is 2.00 bits per heavy atom. The summed E-state index contributed by atoms with van der Waals surface area (Å²) in [6.45, 7) is 1.57. The number of aliphatic hydroxyl groups is 1. The van der Waals surface area contributed by atoms with Crippen LogP contribution in [0.3, 0.4) is 0 Å². The number of likely N-dealkylation sites (N-methyl/N-ethyl adjacent to an activating group) is 1. The van der Waals surface area contributed by atoms with E-state index in [1.165, 1.54) is 6.07 Å². The molecule has 0 aromatic heterocycles. The van der Waals surface area contributed by atoms with Crippen molar-refractivity contribution < 1.29 is 14.3 Å². The first-order valence-corrected chi connectivity index (χ1v) is 7.85. The van der Waals surface area contributed by atoms with Crippen molar-refractivity contribution >= 4 is 5.91 Å². The molecule has 0 unspecified atom stereocenters. The lowest BCUT2D eigenvalue weighted by Gasteiger charge is -2.36. The molecule has 1 aliphatic heterocycles. The summed E-state index contributed by atoms with van der Waals surface area (Å²) in [7, 11) is 3.60. The summed E-state index contributed by atoms with van der Waals surface area (Å²) in [5.74, 6) is 0.0996. The third-order valence-corrected chi connectivity index (χ3v) is 4.41. The van der Waals surface area contributed by atoms with Crippen molar-refractivity contribution in [3.8, 4) is 0 Å². The van der Waals surface area contributed by atoms with E-state index in [1.807, 2.05) is 4.90 Å². The van der Waals surface area contributed by atoms with Crippen LogP contribution in [-0.2, 0) is 4.79 Å². The average Bonchev–Trinajstić information content (AvgIpc) is 2.50. The van der Waals surface area contributed by atoms with Gasteiger partial charge in [0.25, 0.3) is 0 Å². The maximum Gasteiger partial charge on any atom is 0.244 e. The fourth-order valence-electron chi connectivity index (χ4n) is 3.13. The highest BCUT2D eigenvalue weighted by Crippen LogP contribution is 2.27. The molecule has 1 aliphatic rings. The smallest absolute Gasteiger partial charge is 0.244 e. The molecule has 1 heterocycles. The van der Waals surface area contributed by atoms with E-state index >= 15 is 0 Å². The van der Waals surface area contributed by atoms with E-state index in [2.05, 4.69) is 0 Å². The number of nitrogens with zero attached hydrogens (tertiary/aromatic N) is 2. The largest absolute Gasteiger partial charge is 0.396 e. The third kappa shape index (κ3) is 3.84. The molecule has 1 atom stereocenters. The summed E-state index contributed by atoms with van der Waals surface area (Å²) >= 11 is 0. The van der Waals surface area contributed by atoms with E-state index < -0.39 is 6.04 Å². The number of aliphatic hydroxyl groups excluding tert-OH is 1. The van der Waals surface area contributed by atoms with Crippen LogP contribution in [0.2, 0.25) is 0 Å². The van der Waals surface area contributed by atoms with E-state index in [9.17, 15) is 9.18 Å². The number of likely N-dealkylation sites (tertiary alicyclic amines) is 1. The zero-order valence-corrected chi connectivity index (χ0v) is 13.3. The first kappa shape index (κ1) is 16.9. The molecule has 122 valence electrons. The molecule has 4 nitrogen and oxygen atoms in total. The summed E-state index contributed by atoms with van der Waals surface area (Å²) in [4.78, 5) is 16.4. The van der Waals surface area contributed by atoms with Gasteiger partial charge in [0.1, 0.15) is 11.9 Å². The van der Waals surface area contributed by atoms with Gasteiger partial charge in [0, 0.05) is 25.3 Å². The number of halogens is 1. The number of amides is 1. The number of carbonyl (C=O) groups excluding carboxylic acids is 1. The van der Waals surface area contributed by atoms with Gasteiger partial charge in [-0.15, -0.1) is 0 Å². The maximum absolute atomic E-state index is 14.1. The molecule has 1 aromatic rings. The van der Waals surface area contributed by atoms with Crippen LogP contribution in [0.25, 0.3) is 0 Å². The Hall–Kier alpha value is -1.46. The van der Waals surface area contributed by atoms with E-state index in [0.29, 0.717) is 24.6 Å². The Balaban J connectivity index is 2.10. The molecule has 0 bridgehead atoms. The van der Waals surface area contributed by atoms with Crippen LogP contribution in [0.1, 0.15) is 30.9 Å². The predicted molar refractivity (Wildman–Crippen MR) is 83.8 cm³/mol. The average molecular weight is 308 g/mol. The Kier molecular flexibility index (Phi) is 5.91. The van der Waals surface area contributed by atoms with E-state index in [-0.39, 0.29) is 18.3 Å². The van der Waals surface area contributed by atoms with Crippen LogP contribution in [0.15, 0.2) is 24.3 Å². The molecule has 2 rings (SSSR count). The molecule has 0 spiro atoms. The molecule has 0 saturated carbocycles. The fourth-order valence-corrected chi connectivity index (χ4v) is 3.13. The molecule has 0 aliphatic carbocycles. The van der Waals surface area contributed by atoms with Crippen LogP contribution in [0.5, 0.6) is 0 Å². The van der Waals surface area contributed by atoms with Gasteiger partial charge in [0.05, 0.1) is 0 Å². The minimum Gasteiger partial charge on any atom is -0.396 e. The second-order valence-electron chi connectivity index (χ2n) is 6.17. The fraction of sp³-hybridized carbons (Fsp3) is 0.588.